The number of rotatable bonds is 4. The van der Waals surface area contributed by atoms with Gasteiger partial charge < -0.3 is 24.3 Å². The predicted molar refractivity (Wildman–Crippen MR) is 90.3 cm³/mol. The van der Waals surface area contributed by atoms with Crippen molar-refractivity contribution >= 4 is 0 Å². The van der Waals surface area contributed by atoms with Crippen LogP contribution in [0.15, 0.2) is 30.3 Å². The van der Waals surface area contributed by atoms with Gasteiger partial charge in [-0.2, -0.15) is 0 Å². The van der Waals surface area contributed by atoms with Crippen LogP contribution in [0.1, 0.15) is 22.7 Å². The van der Waals surface area contributed by atoms with E-state index in [1.807, 2.05) is 12.1 Å². The van der Waals surface area contributed by atoms with E-state index in [9.17, 15) is 0 Å². The zero-order valence-electron chi connectivity index (χ0n) is 13.9. The smallest absolute Gasteiger partial charge is 0.231 e. The maximum absolute atomic E-state index is 5.60. The Morgan fingerprint density at radius 2 is 1.96 bits per heavy atom. The molecule has 1 atom stereocenters. The molecule has 5 heteroatoms. The average molecular weight is 327 g/mol. The maximum Gasteiger partial charge on any atom is 0.231 e. The quantitative estimate of drug-likeness (QED) is 0.936. The lowest BCUT2D eigenvalue weighted by Crippen LogP contribution is -2.31. The molecule has 2 aromatic rings. The fraction of sp³-hybridized carbons (Fsp3) is 0.368. The predicted octanol–water partition coefficient (Wildman–Crippen LogP) is 2.86. The van der Waals surface area contributed by atoms with E-state index in [0.29, 0.717) is 6.79 Å². The van der Waals surface area contributed by atoms with Crippen LogP contribution in [0, 0.1) is 0 Å². The molecule has 126 valence electrons. The Balaban J connectivity index is 1.64. The Labute approximate surface area is 141 Å². The SMILES string of the molecule is COc1ccc2c(c1OC)CCNC2Cc1ccc2c(c1)OCO2. The average Bonchev–Trinajstić information content (AvgIpc) is 3.08. The third kappa shape index (κ3) is 2.55. The van der Waals surface area contributed by atoms with Crippen LogP contribution in [0.2, 0.25) is 0 Å². The number of fused-ring (bicyclic) bond motifs is 2. The number of methoxy groups -OCH3 is 2. The number of benzene rings is 2. The molecule has 0 saturated heterocycles. The summed E-state index contributed by atoms with van der Waals surface area (Å²) in [5.74, 6) is 3.30. The lowest BCUT2D eigenvalue weighted by atomic mass is 9.89. The minimum atomic E-state index is 0.244. The molecule has 0 radical (unpaired) electrons. The minimum absolute atomic E-state index is 0.244. The van der Waals surface area contributed by atoms with E-state index in [1.54, 1.807) is 14.2 Å². The lowest BCUT2D eigenvalue weighted by Gasteiger charge is -2.29. The Hall–Kier alpha value is -2.40. The fourth-order valence-corrected chi connectivity index (χ4v) is 3.56. The number of ether oxygens (including phenoxy) is 4. The van der Waals surface area contributed by atoms with Gasteiger partial charge in [-0.05, 0) is 48.7 Å². The van der Waals surface area contributed by atoms with Gasteiger partial charge in [-0.1, -0.05) is 12.1 Å². The van der Waals surface area contributed by atoms with Gasteiger partial charge in [0.15, 0.2) is 23.0 Å². The second-order valence-electron chi connectivity index (χ2n) is 6.02. The summed E-state index contributed by atoms with van der Waals surface area (Å²) in [7, 11) is 3.38. The molecular weight excluding hydrogens is 306 g/mol. The number of nitrogens with one attached hydrogen (secondary N) is 1. The largest absolute Gasteiger partial charge is 0.493 e. The maximum atomic E-state index is 5.60. The number of hydrogen-bond donors (Lipinski definition) is 1. The zero-order valence-corrected chi connectivity index (χ0v) is 13.9. The molecule has 24 heavy (non-hydrogen) atoms. The minimum Gasteiger partial charge on any atom is -0.493 e. The van der Waals surface area contributed by atoms with Crippen LogP contribution in [-0.4, -0.2) is 27.6 Å². The van der Waals surface area contributed by atoms with Crippen molar-refractivity contribution in [3.05, 3.63) is 47.0 Å². The molecule has 0 aliphatic carbocycles. The van der Waals surface area contributed by atoms with Gasteiger partial charge in [0.1, 0.15) is 0 Å². The van der Waals surface area contributed by atoms with Crippen LogP contribution in [-0.2, 0) is 12.8 Å². The molecule has 4 rings (SSSR count). The molecule has 0 fully saturated rings. The summed E-state index contributed by atoms with van der Waals surface area (Å²) >= 11 is 0. The summed E-state index contributed by atoms with van der Waals surface area (Å²) in [5.41, 5.74) is 3.73. The summed E-state index contributed by atoms with van der Waals surface area (Å²) in [4.78, 5) is 0. The van der Waals surface area contributed by atoms with Crippen molar-refractivity contribution in [2.75, 3.05) is 27.6 Å². The second-order valence-corrected chi connectivity index (χ2v) is 6.02. The summed E-state index contributed by atoms with van der Waals surface area (Å²) in [5, 5.41) is 3.61. The van der Waals surface area contributed by atoms with Crippen molar-refractivity contribution in [1.29, 1.82) is 0 Å². The Bertz CT molecular complexity index is 759. The van der Waals surface area contributed by atoms with Crippen molar-refractivity contribution in [3.63, 3.8) is 0 Å². The van der Waals surface area contributed by atoms with Crippen LogP contribution in [0.4, 0.5) is 0 Å². The van der Waals surface area contributed by atoms with E-state index in [1.165, 1.54) is 16.7 Å². The highest BCUT2D eigenvalue weighted by Crippen LogP contribution is 2.39. The van der Waals surface area contributed by atoms with E-state index in [4.69, 9.17) is 18.9 Å². The first-order valence-electron chi connectivity index (χ1n) is 8.16. The van der Waals surface area contributed by atoms with Gasteiger partial charge in [0, 0.05) is 11.6 Å². The molecule has 1 unspecified atom stereocenters. The molecule has 0 saturated carbocycles. The Morgan fingerprint density at radius 3 is 2.79 bits per heavy atom. The molecule has 0 spiro atoms. The van der Waals surface area contributed by atoms with Crippen LogP contribution < -0.4 is 24.3 Å². The molecule has 5 nitrogen and oxygen atoms in total. The first kappa shape index (κ1) is 15.1. The third-order valence-corrected chi connectivity index (χ3v) is 4.70. The summed E-state index contributed by atoms with van der Waals surface area (Å²) in [6.45, 7) is 1.23. The van der Waals surface area contributed by atoms with Gasteiger partial charge >= 0.3 is 0 Å². The third-order valence-electron chi connectivity index (χ3n) is 4.70. The van der Waals surface area contributed by atoms with Crippen molar-refractivity contribution in [2.45, 2.75) is 18.9 Å². The highest BCUT2D eigenvalue weighted by molar-refractivity contribution is 5.53. The van der Waals surface area contributed by atoms with Crippen molar-refractivity contribution in [1.82, 2.24) is 5.32 Å². The molecule has 0 amide bonds. The van der Waals surface area contributed by atoms with E-state index < -0.39 is 0 Å². The van der Waals surface area contributed by atoms with E-state index >= 15 is 0 Å². The normalized spacial score (nSPS) is 18.2. The van der Waals surface area contributed by atoms with Crippen LogP contribution in [0.3, 0.4) is 0 Å². The van der Waals surface area contributed by atoms with Crippen LogP contribution >= 0.6 is 0 Å². The van der Waals surface area contributed by atoms with Gasteiger partial charge in [0.05, 0.1) is 14.2 Å². The molecule has 2 aromatic carbocycles. The fourth-order valence-electron chi connectivity index (χ4n) is 3.56. The van der Waals surface area contributed by atoms with Gasteiger partial charge in [-0.25, -0.2) is 0 Å². The lowest BCUT2D eigenvalue weighted by molar-refractivity contribution is 0.174. The van der Waals surface area contributed by atoms with E-state index in [2.05, 4.69) is 23.5 Å². The van der Waals surface area contributed by atoms with Crippen LogP contribution in [0.25, 0.3) is 0 Å². The van der Waals surface area contributed by atoms with Crippen molar-refractivity contribution < 1.29 is 18.9 Å². The summed E-state index contributed by atoms with van der Waals surface area (Å²) in [6, 6.07) is 10.5. The summed E-state index contributed by atoms with van der Waals surface area (Å²) in [6.07, 6.45) is 1.83. The molecule has 2 aliphatic heterocycles. The van der Waals surface area contributed by atoms with Crippen molar-refractivity contribution in [2.24, 2.45) is 0 Å². The molecule has 2 heterocycles. The van der Waals surface area contributed by atoms with Gasteiger partial charge in [-0.3, -0.25) is 0 Å². The highest BCUT2D eigenvalue weighted by atomic mass is 16.7. The standard InChI is InChI=1S/C19H21NO4/c1-21-17-6-4-13-14(19(17)22-2)7-8-20-15(13)9-12-3-5-16-18(10-12)24-11-23-16/h3-6,10,15,20H,7-9,11H2,1-2H3. The van der Waals surface area contributed by atoms with Gasteiger partial charge in [-0.15, -0.1) is 0 Å². The van der Waals surface area contributed by atoms with Crippen molar-refractivity contribution in [3.8, 4) is 23.0 Å². The van der Waals surface area contributed by atoms with E-state index in [0.717, 1.165) is 42.4 Å². The first-order valence-corrected chi connectivity index (χ1v) is 8.16. The number of hydrogen-bond acceptors (Lipinski definition) is 5. The molecule has 1 N–H and O–H groups in total. The zero-order chi connectivity index (χ0) is 16.5. The van der Waals surface area contributed by atoms with Crippen LogP contribution in [0.5, 0.6) is 23.0 Å². The molecular formula is C19H21NO4. The molecule has 0 aromatic heterocycles. The highest BCUT2D eigenvalue weighted by Gasteiger charge is 2.25. The monoisotopic (exact) mass is 327 g/mol. The first-order chi connectivity index (χ1) is 11.8. The Morgan fingerprint density at radius 1 is 1.08 bits per heavy atom. The Kier molecular flexibility index (Phi) is 3.94. The molecule has 2 aliphatic rings. The van der Waals surface area contributed by atoms with E-state index in [-0.39, 0.29) is 6.04 Å². The van der Waals surface area contributed by atoms with Gasteiger partial charge in [0.25, 0.3) is 0 Å². The molecule has 0 bridgehead atoms. The second kappa shape index (κ2) is 6.24. The topological polar surface area (TPSA) is 49.0 Å². The summed E-state index contributed by atoms with van der Waals surface area (Å²) < 4.78 is 21.9. The van der Waals surface area contributed by atoms with Gasteiger partial charge in [0.2, 0.25) is 6.79 Å².